The Morgan fingerprint density at radius 2 is 2.26 bits per heavy atom. The van der Waals surface area contributed by atoms with Crippen molar-refractivity contribution in [2.45, 2.75) is 26.3 Å². The van der Waals surface area contributed by atoms with Gasteiger partial charge in [0.1, 0.15) is 10.6 Å². The van der Waals surface area contributed by atoms with Gasteiger partial charge in [0.25, 0.3) is 0 Å². The molecule has 0 fully saturated rings. The van der Waals surface area contributed by atoms with E-state index in [0.29, 0.717) is 16.6 Å². The molecule has 1 aromatic heterocycles. The molecule has 0 aliphatic carbocycles. The molecule has 108 valence electrons. The molecule has 0 amide bonds. The molecule has 6 nitrogen and oxygen atoms in total. The van der Waals surface area contributed by atoms with Gasteiger partial charge >= 0.3 is 5.97 Å². The van der Waals surface area contributed by atoms with E-state index in [0.717, 1.165) is 19.5 Å². The lowest BCUT2D eigenvalue weighted by Gasteiger charge is -2.20. The molecule has 0 saturated heterocycles. The van der Waals surface area contributed by atoms with Gasteiger partial charge in [-0.15, -0.1) is 0 Å². The number of methoxy groups -OCH3 is 1. The smallest absolute Gasteiger partial charge is 0.344 e. The fourth-order valence-electron chi connectivity index (χ4n) is 1.51. The van der Waals surface area contributed by atoms with Crippen molar-refractivity contribution < 1.29 is 9.53 Å². The average Bonchev–Trinajstić information content (AvgIpc) is 2.74. The van der Waals surface area contributed by atoms with Crippen molar-refractivity contribution in [3.05, 3.63) is 5.56 Å². The minimum absolute atomic E-state index is 0.221. The largest absolute Gasteiger partial charge is 0.465 e. The summed E-state index contributed by atoms with van der Waals surface area (Å²) in [4.78, 5) is 13.8. The standard InChI is InChI=1S/C12H22N4O2S/c1-8(2)16(3)7-5-6-14-11-9(12(17)18-4)10(13)15-19-11/h8,14H,5-7H2,1-4H3,(H2,13,15). The number of nitrogens with one attached hydrogen (secondary N) is 1. The maximum absolute atomic E-state index is 11.6. The fourth-order valence-corrected chi connectivity index (χ4v) is 2.24. The Labute approximate surface area is 118 Å². The summed E-state index contributed by atoms with van der Waals surface area (Å²) < 4.78 is 8.66. The van der Waals surface area contributed by atoms with Crippen LogP contribution in [0, 0.1) is 0 Å². The van der Waals surface area contributed by atoms with E-state index in [2.05, 4.69) is 35.5 Å². The predicted octanol–water partition coefficient (Wildman–Crippen LogP) is 1.65. The summed E-state index contributed by atoms with van der Waals surface area (Å²) in [5, 5.41) is 3.87. The van der Waals surface area contributed by atoms with Crippen LogP contribution in [0.25, 0.3) is 0 Å². The van der Waals surface area contributed by atoms with Gasteiger partial charge in [-0.05, 0) is 45.4 Å². The molecule has 0 spiro atoms. The monoisotopic (exact) mass is 286 g/mol. The van der Waals surface area contributed by atoms with Crippen molar-refractivity contribution >= 4 is 28.3 Å². The third-order valence-corrected chi connectivity index (χ3v) is 3.78. The van der Waals surface area contributed by atoms with Crippen LogP contribution in [0.2, 0.25) is 0 Å². The molecule has 1 heterocycles. The normalized spacial score (nSPS) is 11.1. The van der Waals surface area contributed by atoms with Crippen LogP contribution < -0.4 is 11.1 Å². The number of nitrogen functional groups attached to an aromatic ring is 1. The number of anilines is 2. The number of esters is 1. The molecule has 0 unspecified atom stereocenters. The maximum Gasteiger partial charge on any atom is 0.344 e. The number of aromatic nitrogens is 1. The van der Waals surface area contributed by atoms with Gasteiger partial charge < -0.3 is 20.7 Å². The average molecular weight is 286 g/mol. The highest BCUT2D eigenvalue weighted by Crippen LogP contribution is 2.27. The Morgan fingerprint density at radius 3 is 2.84 bits per heavy atom. The van der Waals surface area contributed by atoms with Crippen LogP contribution >= 0.6 is 11.5 Å². The van der Waals surface area contributed by atoms with Gasteiger partial charge in [-0.25, -0.2) is 4.79 Å². The van der Waals surface area contributed by atoms with Gasteiger partial charge in [0.15, 0.2) is 5.82 Å². The van der Waals surface area contributed by atoms with E-state index < -0.39 is 5.97 Å². The fraction of sp³-hybridized carbons (Fsp3) is 0.667. The number of ether oxygens (including phenoxy) is 1. The molecular weight excluding hydrogens is 264 g/mol. The molecule has 0 atom stereocenters. The number of hydrogen-bond acceptors (Lipinski definition) is 7. The minimum atomic E-state index is -0.451. The number of hydrogen-bond donors (Lipinski definition) is 2. The molecule has 19 heavy (non-hydrogen) atoms. The van der Waals surface area contributed by atoms with E-state index in [1.165, 1.54) is 18.6 Å². The lowest BCUT2D eigenvalue weighted by molar-refractivity contribution is 0.0603. The highest BCUT2D eigenvalue weighted by atomic mass is 32.1. The summed E-state index contributed by atoms with van der Waals surface area (Å²) in [5.41, 5.74) is 6.00. The first-order valence-corrected chi connectivity index (χ1v) is 7.02. The van der Waals surface area contributed by atoms with Crippen LogP contribution in [0.15, 0.2) is 0 Å². The molecule has 0 aromatic carbocycles. The SMILES string of the molecule is COC(=O)c1c(N)nsc1NCCCN(C)C(C)C. The molecule has 1 aromatic rings. The van der Waals surface area contributed by atoms with Gasteiger partial charge in [0.05, 0.1) is 7.11 Å². The van der Waals surface area contributed by atoms with Gasteiger partial charge in [-0.1, -0.05) is 0 Å². The van der Waals surface area contributed by atoms with Gasteiger partial charge in [0, 0.05) is 12.6 Å². The molecule has 0 bridgehead atoms. The second-order valence-corrected chi connectivity index (χ2v) is 5.39. The molecule has 3 N–H and O–H groups in total. The Hall–Kier alpha value is -1.34. The van der Waals surface area contributed by atoms with Crippen LogP contribution in [0.4, 0.5) is 10.8 Å². The third kappa shape index (κ3) is 4.36. The number of carbonyl (C=O) groups excluding carboxylic acids is 1. The molecular formula is C12H22N4O2S. The maximum atomic E-state index is 11.6. The lowest BCUT2D eigenvalue weighted by atomic mass is 10.3. The van der Waals surface area contributed by atoms with E-state index in [9.17, 15) is 4.79 Å². The van der Waals surface area contributed by atoms with Crippen LogP contribution in [0.1, 0.15) is 30.6 Å². The van der Waals surface area contributed by atoms with Crippen LogP contribution in [0.5, 0.6) is 0 Å². The highest BCUT2D eigenvalue weighted by Gasteiger charge is 2.19. The zero-order valence-corrected chi connectivity index (χ0v) is 12.7. The first kappa shape index (κ1) is 15.7. The van der Waals surface area contributed by atoms with E-state index in [1.54, 1.807) is 0 Å². The Morgan fingerprint density at radius 1 is 1.58 bits per heavy atom. The van der Waals surface area contributed by atoms with Gasteiger partial charge in [0.2, 0.25) is 0 Å². The third-order valence-electron chi connectivity index (χ3n) is 2.96. The first-order valence-electron chi connectivity index (χ1n) is 6.25. The molecule has 1 rings (SSSR count). The molecule has 0 saturated carbocycles. The molecule has 0 aliphatic heterocycles. The van der Waals surface area contributed by atoms with Crippen molar-refractivity contribution in [3.63, 3.8) is 0 Å². The van der Waals surface area contributed by atoms with E-state index in [1.807, 2.05) is 0 Å². The first-order chi connectivity index (χ1) is 8.97. The molecule has 0 radical (unpaired) electrons. The zero-order chi connectivity index (χ0) is 14.4. The zero-order valence-electron chi connectivity index (χ0n) is 11.9. The number of carbonyl (C=O) groups is 1. The number of nitrogens with two attached hydrogens (primary N) is 1. The molecule has 7 heteroatoms. The van der Waals surface area contributed by atoms with E-state index in [4.69, 9.17) is 10.5 Å². The summed E-state index contributed by atoms with van der Waals surface area (Å²) in [7, 11) is 3.43. The second kappa shape index (κ2) is 7.30. The van der Waals surface area contributed by atoms with Crippen molar-refractivity contribution in [3.8, 4) is 0 Å². The van der Waals surface area contributed by atoms with Gasteiger partial charge in [-0.3, -0.25) is 0 Å². The summed E-state index contributed by atoms with van der Waals surface area (Å²) in [6.45, 7) is 6.08. The Kier molecular flexibility index (Phi) is 6.04. The van der Waals surface area contributed by atoms with E-state index >= 15 is 0 Å². The van der Waals surface area contributed by atoms with Crippen LogP contribution in [-0.2, 0) is 4.74 Å². The minimum Gasteiger partial charge on any atom is -0.465 e. The lowest BCUT2D eigenvalue weighted by Crippen LogP contribution is -2.28. The number of nitrogens with zero attached hydrogens (tertiary/aromatic N) is 2. The summed E-state index contributed by atoms with van der Waals surface area (Å²) >= 11 is 1.18. The summed E-state index contributed by atoms with van der Waals surface area (Å²) in [6, 6.07) is 0.532. The quantitative estimate of drug-likeness (QED) is 0.586. The van der Waals surface area contributed by atoms with Crippen LogP contribution in [0.3, 0.4) is 0 Å². The van der Waals surface area contributed by atoms with E-state index in [-0.39, 0.29) is 5.82 Å². The predicted molar refractivity (Wildman–Crippen MR) is 78.7 cm³/mol. The molecule has 0 aliphatic rings. The van der Waals surface area contributed by atoms with Crippen molar-refractivity contribution in [1.82, 2.24) is 9.27 Å². The second-order valence-electron chi connectivity index (χ2n) is 4.62. The van der Waals surface area contributed by atoms with Crippen molar-refractivity contribution in [2.75, 3.05) is 38.3 Å². The van der Waals surface area contributed by atoms with Gasteiger partial charge in [-0.2, -0.15) is 4.37 Å². The number of rotatable bonds is 7. The summed E-state index contributed by atoms with van der Waals surface area (Å²) in [6.07, 6.45) is 0.979. The van der Waals surface area contributed by atoms with Crippen molar-refractivity contribution in [1.29, 1.82) is 0 Å². The van der Waals surface area contributed by atoms with Crippen LogP contribution in [-0.4, -0.2) is 48.5 Å². The topological polar surface area (TPSA) is 80.5 Å². The highest BCUT2D eigenvalue weighted by molar-refractivity contribution is 7.11. The van der Waals surface area contributed by atoms with Crippen molar-refractivity contribution in [2.24, 2.45) is 0 Å². The Balaban J connectivity index is 2.48. The Bertz CT molecular complexity index is 420. The summed E-state index contributed by atoms with van der Waals surface area (Å²) in [5.74, 6) is -0.230.